The average molecular weight is 241 g/mol. The van der Waals surface area contributed by atoms with E-state index in [1.165, 1.54) is 12.8 Å². The van der Waals surface area contributed by atoms with Crippen LogP contribution in [0.5, 0.6) is 5.19 Å². The Morgan fingerprint density at radius 2 is 2.25 bits per heavy atom. The third-order valence-corrected chi connectivity index (χ3v) is 3.32. The lowest BCUT2D eigenvalue weighted by Gasteiger charge is -2.03. The summed E-state index contributed by atoms with van der Waals surface area (Å²) in [6, 6.07) is 0.717. The Hall–Kier alpha value is -0.680. The van der Waals surface area contributed by atoms with Crippen molar-refractivity contribution in [3.8, 4) is 5.19 Å². The number of aromatic nitrogens is 2. The van der Waals surface area contributed by atoms with Gasteiger partial charge in [0.1, 0.15) is 5.01 Å². The lowest BCUT2D eigenvalue weighted by molar-refractivity contribution is 0.286. The van der Waals surface area contributed by atoms with E-state index in [1.54, 1.807) is 11.3 Å². The van der Waals surface area contributed by atoms with Gasteiger partial charge in [-0.05, 0) is 25.2 Å². The molecule has 1 aliphatic carbocycles. The van der Waals surface area contributed by atoms with Crippen molar-refractivity contribution in [2.24, 2.45) is 5.92 Å². The van der Waals surface area contributed by atoms with Gasteiger partial charge in [0.25, 0.3) is 5.19 Å². The van der Waals surface area contributed by atoms with Gasteiger partial charge in [0.2, 0.25) is 0 Å². The van der Waals surface area contributed by atoms with Crippen LogP contribution in [0.15, 0.2) is 0 Å². The molecule has 4 nitrogen and oxygen atoms in total. The molecule has 0 unspecified atom stereocenters. The van der Waals surface area contributed by atoms with E-state index in [-0.39, 0.29) is 0 Å². The highest BCUT2D eigenvalue weighted by Crippen LogP contribution is 2.22. The summed E-state index contributed by atoms with van der Waals surface area (Å²) >= 11 is 1.55. The van der Waals surface area contributed by atoms with Crippen molar-refractivity contribution in [2.75, 3.05) is 6.61 Å². The number of nitrogens with one attached hydrogen (secondary N) is 1. The summed E-state index contributed by atoms with van der Waals surface area (Å²) in [5.74, 6) is 0.670. The molecule has 5 heteroatoms. The van der Waals surface area contributed by atoms with E-state index in [4.69, 9.17) is 4.74 Å². The molecule has 0 aromatic carbocycles. The maximum Gasteiger partial charge on any atom is 0.294 e. The van der Waals surface area contributed by atoms with Crippen LogP contribution in [0.2, 0.25) is 0 Å². The summed E-state index contributed by atoms with van der Waals surface area (Å²) in [5.41, 5.74) is 0. The van der Waals surface area contributed by atoms with Gasteiger partial charge in [-0.25, -0.2) is 0 Å². The van der Waals surface area contributed by atoms with Crippen LogP contribution in [0, 0.1) is 5.92 Å². The van der Waals surface area contributed by atoms with Gasteiger partial charge in [-0.1, -0.05) is 25.2 Å². The van der Waals surface area contributed by atoms with Crippen LogP contribution >= 0.6 is 11.3 Å². The molecule has 0 atom stereocenters. The Labute approximate surface area is 100 Å². The maximum atomic E-state index is 5.54. The van der Waals surface area contributed by atoms with Crippen molar-refractivity contribution >= 4 is 11.3 Å². The Morgan fingerprint density at radius 1 is 1.44 bits per heavy atom. The summed E-state index contributed by atoms with van der Waals surface area (Å²) in [7, 11) is 0. The molecular formula is C11H19N3OS. The SMILES string of the molecule is CC(C)CCOc1nnc(CNC2CC2)s1. The number of hydrogen-bond acceptors (Lipinski definition) is 5. The molecule has 1 aromatic heterocycles. The van der Waals surface area contributed by atoms with E-state index in [9.17, 15) is 0 Å². The van der Waals surface area contributed by atoms with Crippen LogP contribution in [0.3, 0.4) is 0 Å². The summed E-state index contributed by atoms with van der Waals surface area (Å²) in [5, 5.41) is 13.2. The first-order valence-corrected chi connectivity index (χ1v) is 6.74. The van der Waals surface area contributed by atoms with Crippen LogP contribution in [-0.4, -0.2) is 22.8 Å². The van der Waals surface area contributed by atoms with Crippen LogP contribution in [0.1, 0.15) is 38.1 Å². The lowest BCUT2D eigenvalue weighted by atomic mass is 10.1. The normalized spacial score (nSPS) is 15.7. The van der Waals surface area contributed by atoms with Gasteiger partial charge in [-0.2, -0.15) is 0 Å². The predicted molar refractivity (Wildman–Crippen MR) is 64.7 cm³/mol. The molecule has 1 N–H and O–H groups in total. The third-order valence-electron chi connectivity index (χ3n) is 2.49. The molecule has 1 heterocycles. The zero-order valence-electron chi connectivity index (χ0n) is 9.90. The average Bonchev–Trinajstić information content (AvgIpc) is 2.96. The van der Waals surface area contributed by atoms with Gasteiger partial charge in [-0.3, -0.25) is 0 Å². The summed E-state index contributed by atoms with van der Waals surface area (Å²) < 4.78 is 5.54. The standard InChI is InChI=1S/C11H19N3OS/c1-8(2)5-6-15-11-14-13-10(16-11)7-12-9-3-4-9/h8-9,12H,3-7H2,1-2H3. The van der Waals surface area contributed by atoms with Crippen molar-refractivity contribution in [2.45, 2.75) is 45.7 Å². The van der Waals surface area contributed by atoms with E-state index in [0.29, 0.717) is 17.2 Å². The number of nitrogens with zero attached hydrogens (tertiary/aromatic N) is 2. The van der Waals surface area contributed by atoms with Crippen molar-refractivity contribution < 1.29 is 4.74 Å². The van der Waals surface area contributed by atoms with Gasteiger partial charge in [0.15, 0.2) is 0 Å². The van der Waals surface area contributed by atoms with Crippen molar-refractivity contribution in [1.82, 2.24) is 15.5 Å². The quantitative estimate of drug-likeness (QED) is 0.795. The first kappa shape index (κ1) is 11.8. The van der Waals surface area contributed by atoms with Gasteiger partial charge >= 0.3 is 0 Å². The molecule has 90 valence electrons. The molecule has 1 aliphatic rings. The van der Waals surface area contributed by atoms with E-state index < -0.39 is 0 Å². The Kier molecular flexibility index (Phi) is 4.12. The van der Waals surface area contributed by atoms with Crippen LogP contribution in [-0.2, 0) is 6.54 Å². The monoisotopic (exact) mass is 241 g/mol. The molecule has 16 heavy (non-hydrogen) atoms. The number of rotatable bonds is 7. The summed E-state index contributed by atoms with van der Waals surface area (Å²) in [4.78, 5) is 0. The fraction of sp³-hybridized carbons (Fsp3) is 0.818. The molecule has 0 bridgehead atoms. The highest BCUT2D eigenvalue weighted by Gasteiger charge is 2.20. The molecule has 0 amide bonds. The second-order valence-corrected chi connectivity index (χ2v) is 5.67. The highest BCUT2D eigenvalue weighted by molar-refractivity contribution is 7.13. The molecule has 1 aromatic rings. The molecule has 2 rings (SSSR count). The lowest BCUT2D eigenvalue weighted by Crippen LogP contribution is -2.14. The minimum atomic E-state index is 0.670. The Morgan fingerprint density at radius 3 is 2.94 bits per heavy atom. The van der Waals surface area contributed by atoms with Gasteiger partial charge in [0, 0.05) is 6.04 Å². The molecule has 1 fully saturated rings. The third kappa shape index (κ3) is 4.06. The first-order chi connectivity index (χ1) is 7.74. The molecule has 0 aliphatic heterocycles. The molecule has 1 saturated carbocycles. The van der Waals surface area contributed by atoms with E-state index in [2.05, 4.69) is 29.4 Å². The minimum Gasteiger partial charge on any atom is -0.469 e. The van der Waals surface area contributed by atoms with Crippen molar-refractivity contribution in [3.05, 3.63) is 5.01 Å². The fourth-order valence-electron chi connectivity index (χ4n) is 1.27. The molecule has 0 saturated heterocycles. The molecule has 0 spiro atoms. The van der Waals surface area contributed by atoms with E-state index in [0.717, 1.165) is 24.6 Å². The largest absolute Gasteiger partial charge is 0.469 e. The van der Waals surface area contributed by atoms with Crippen LogP contribution < -0.4 is 10.1 Å². The van der Waals surface area contributed by atoms with Crippen LogP contribution in [0.4, 0.5) is 0 Å². The van der Waals surface area contributed by atoms with Crippen molar-refractivity contribution in [1.29, 1.82) is 0 Å². The summed E-state index contributed by atoms with van der Waals surface area (Å²) in [6.45, 7) is 5.95. The zero-order valence-corrected chi connectivity index (χ0v) is 10.7. The summed E-state index contributed by atoms with van der Waals surface area (Å²) in [6.07, 6.45) is 3.67. The zero-order chi connectivity index (χ0) is 11.4. The van der Waals surface area contributed by atoms with Gasteiger partial charge < -0.3 is 10.1 Å². The second-order valence-electron chi connectivity index (χ2n) is 4.65. The van der Waals surface area contributed by atoms with E-state index in [1.807, 2.05) is 0 Å². The Bertz CT molecular complexity index is 323. The van der Waals surface area contributed by atoms with Gasteiger partial charge in [0.05, 0.1) is 13.2 Å². The van der Waals surface area contributed by atoms with Crippen molar-refractivity contribution in [3.63, 3.8) is 0 Å². The second kappa shape index (κ2) is 5.59. The first-order valence-electron chi connectivity index (χ1n) is 5.92. The number of hydrogen-bond donors (Lipinski definition) is 1. The molecular weight excluding hydrogens is 222 g/mol. The van der Waals surface area contributed by atoms with Gasteiger partial charge in [-0.15, -0.1) is 10.2 Å². The maximum absolute atomic E-state index is 5.54. The minimum absolute atomic E-state index is 0.670. The number of ether oxygens (including phenoxy) is 1. The van der Waals surface area contributed by atoms with Crippen LogP contribution in [0.25, 0.3) is 0 Å². The Balaban J connectivity index is 1.68. The highest BCUT2D eigenvalue weighted by atomic mass is 32.1. The smallest absolute Gasteiger partial charge is 0.294 e. The predicted octanol–water partition coefficient (Wildman–Crippen LogP) is 2.21. The molecule has 0 radical (unpaired) electrons. The topological polar surface area (TPSA) is 47.0 Å². The van der Waals surface area contributed by atoms with E-state index >= 15 is 0 Å². The fourth-order valence-corrected chi connectivity index (χ4v) is 1.93.